The number of aromatic nitrogens is 8. The molecule has 26 heteroatoms. The quantitative estimate of drug-likeness (QED) is 0.0605. The predicted molar refractivity (Wildman–Crippen MR) is 408 cm³/mol. The number of thiazole rings is 2. The molecule has 530 valence electrons. The maximum atomic E-state index is 6.63. The van der Waals surface area contributed by atoms with Crippen molar-refractivity contribution in [3.63, 3.8) is 0 Å². The first kappa shape index (κ1) is 74.8. The van der Waals surface area contributed by atoms with Crippen LogP contribution in [0.15, 0.2) is 112 Å². The average molecular weight is 1490 g/mol. The number of hydrogen-bond donors (Lipinski definition) is 2. The van der Waals surface area contributed by atoms with Crippen LogP contribution in [0.1, 0.15) is 101 Å². The molecule has 8 aromatic heterocycles. The first-order chi connectivity index (χ1) is 48.6. The number of nitrogen functional groups attached to an aromatic ring is 1. The maximum Gasteiger partial charge on any atom is 0.295 e. The van der Waals surface area contributed by atoms with Gasteiger partial charge in [0.1, 0.15) is 100 Å². The van der Waals surface area contributed by atoms with Crippen molar-refractivity contribution in [3.05, 3.63) is 134 Å². The summed E-state index contributed by atoms with van der Waals surface area (Å²) in [5, 5.41) is 13.8. The van der Waals surface area contributed by atoms with Gasteiger partial charge in [-0.2, -0.15) is 4.98 Å². The number of oxazole rings is 1. The highest BCUT2D eigenvalue weighted by Gasteiger charge is 2.25. The molecule has 12 aromatic rings. The predicted octanol–water partition coefficient (Wildman–Crippen LogP) is 20.7. The van der Waals surface area contributed by atoms with Crippen molar-refractivity contribution in [2.24, 2.45) is 0 Å². The van der Waals surface area contributed by atoms with Crippen LogP contribution in [0.5, 0.6) is 51.2 Å². The zero-order valence-electron chi connectivity index (χ0n) is 58.6. The Kier molecular flexibility index (Phi) is 25.3. The lowest BCUT2D eigenvalue weighted by atomic mass is 10.1. The summed E-state index contributed by atoms with van der Waals surface area (Å²) in [5.74, 6) is 5.69. The third-order valence-electron chi connectivity index (χ3n) is 14.7. The van der Waals surface area contributed by atoms with Gasteiger partial charge in [-0.3, -0.25) is 0 Å². The topological polar surface area (TPSA) is 237 Å². The van der Waals surface area contributed by atoms with Gasteiger partial charge in [0.2, 0.25) is 0 Å². The standard InChI is InChI=1S/C21H24ClN3O3.C19H21ClN2O2S.C18H18ClN3O2.C17H17ClN2O3S/c1-4-9-26-17-8-7-14-18(28-12(2)3)10-15(24-20(14)19(17)22)16-11-27-21(25-16)23-13-5-6-13;1-5-8-23-15-7-6-13-16(24-11(2)3)9-14(22-18(13)17(15)20)19-21-12(4)10-25-19;1-10(2)24-15-9-13(12-5-4-6-16(20)21-12)22-18-11(15)7-8-14(23-3)17(18)19;1-9(2)23-14-7-11(12-8-24-17(20-12)22-4)19-16-10(14)5-6-13(21-3)15(16)18/h7-8,10-13H,4-6,9H2,1-3H3,(H,23,25);6-7,9-11H,5,8H2,1-4H3;4-10H,1-3H3,(H2,20,21);5-9H,1-4H3. The summed E-state index contributed by atoms with van der Waals surface area (Å²) in [7, 11) is 4.74. The maximum absolute atomic E-state index is 6.63. The largest absolute Gasteiger partial charge is 0.495 e. The number of benzene rings is 4. The van der Waals surface area contributed by atoms with E-state index in [0.29, 0.717) is 153 Å². The Labute approximate surface area is 615 Å². The number of methoxy groups -OCH3 is 3. The van der Waals surface area contributed by atoms with Gasteiger partial charge in [0, 0.05) is 68.3 Å². The number of fused-ring (bicyclic) bond motifs is 4. The molecule has 3 N–H and O–H groups in total. The molecular formula is C75H80Cl4N10O10S2. The molecule has 0 radical (unpaired) electrons. The Hall–Kier alpha value is -8.90. The molecule has 1 aliphatic rings. The lowest BCUT2D eigenvalue weighted by molar-refractivity contribution is 0.245. The fourth-order valence-corrected chi connectivity index (χ4v) is 12.6. The van der Waals surface area contributed by atoms with Crippen LogP contribution in [0, 0.1) is 6.92 Å². The van der Waals surface area contributed by atoms with Crippen molar-refractivity contribution >= 4 is 125 Å². The van der Waals surface area contributed by atoms with Crippen molar-refractivity contribution in [3.8, 4) is 96.1 Å². The van der Waals surface area contributed by atoms with E-state index < -0.39 is 0 Å². The molecule has 4 aromatic carbocycles. The molecule has 1 fully saturated rings. The second-order valence-electron chi connectivity index (χ2n) is 24.3. The number of halogens is 4. The first-order valence-corrected chi connectivity index (χ1v) is 36.2. The smallest absolute Gasteiger partial charge is 0.295 e. The van der Waals surface area contributed by atoms with Crippen LogP contribution < -0.4 is 53.7 Å². The highest BCUT2D eigenvalue weighted by atomic mass is 35.5. The van der Waals surface area contributed by atoms with Crippen LogP contribution in [-0.2, 0) is 0 Å². The van der Waals surface area contributed by atoms with E-state index in [1.165, 1.54) is 11.3 Å². The van der Waals surface area contributed by atoms with E-state index in [1.54, 1.807) is 51.1 Å². The van der Waals surface area contributed by atoms with E-state index in [2.05, 4.69) is 49.1 Å². The Balaban J connectivity index is 0.000000146. The molecule has 0 unspecified atom stereocenters. The minimum Gasteiger partial charge on any atom is -0.495 e. The van der Waals surface area contributed by atoms with Gasteiger partial charge in [-0.25, -0.2) is 34.9 Å². The molecule has 1 saturated carbocycles. The Morgan fingerprint density at radius 2 is 0.891 bits per heavy atom. The molecule has 0 amide bonds. The molecule has 0 bridgehead atoms. The number of anilines is 2. The van der Waals surface area contributed by atoms with E-state index in [9.17, 15) is 0 Å². The van der Waals surface area contributed by atoms with Crippen molar-refractivity contribution in [1.29, 1.82) is 0 Å². The van der Waals surface area contributed by atoms with E-state index in [-0.39, 0.29) is 24.4 Å². The zero-order valence-corrected chi connectivity index (χ0v) is 63.2. The third kappa shape index (κ3) is 18.6. The number of nitrogens with zero attached hydrogens (tertiary/aromatic N) is 8. The molecule has 0 atom stereocenters. The summed E-state index contributed by atoms with van der Waals surface area (Å²) in [6, 6.07) is 29.0. The number of nitrogens with one attached hydrogen (secondary N) is 1. The Morgan fingerprint density at radius 1 is 0.465 bits per heavy atom. The highest BCUT2D eigenvalue weighted by Crippen LogP contribution is 2.44. The van der Waals surface area contributed by atoms with E-state index >= 15 is 0 Å². The number of rotatable bonds is 23. The summed E-state index contributed by atoms with van der Waals surface area (Å²) in [6.45, 7) is 23.2. The van der Waals surface area contributed by atoms with Gasteiger partial charge in [0.15, 0.2) is 0 Å². The van der Waals surface area contributed by atoms with Gasteiger partial charge in [0.25, 0.3) is 11.2 Å². The molecule has 13 rings (SSSR count). The van der Waals surface area contributed by atoms with Crippen molar-refractivity contribution < 1.29 is 47.0 Å². The third-order valence-corrected chi connectivity index (χ3v) is 17.9. The number of pyridine rings is 5. The summed E-state index contributed by atoms with van der Waals surface area (Å²) >= 11 is 29.1. The lowest BCUT2D eigenvalue weighted by Crippen LogP contribution is -2.07. The van der Waals surface area contributed by atoms with E-state index in [4.69, 9.17) is 109 Å². The van der Waals surface area contributed by atoms with Gasteiger partial charge < -0.3 is 58.1 Å². The molecule has 1 aliphatic carbocycles. The number of ether oxygens (including phenoxy) is 9. The molecule has 0 spiro atoms. The second kappa shape index (κ2) is 34.2. The van der Waals surface area contributed by atoms with E-state index in [1.807, 2.05) is 152 Å². The number of aryl methyl sites for hydroxylation is 1. The molecule has 0 aliphatic heterocycles. The van der Waals surface area contributed by atoms with Crippen LogP contribution in [0.2, 0.25) is 20.1 Å². The first-order valence-electron chi connectivity index (χ1n) is 33.0. The fourth-order valence-electron chi connectivity index (χ4n) is 10.1. The van der Waals surface area contributed by atoms with Crippen LogP contribution in [0.25, 0.3) is 88.5 Å². The number of nitrogens with two attached hydrogens (primary N) is 1. The summed E-state index contributed by atoms with van der Waals surface area (Å²) in [4.78, 5) is 36.6. The lowest BCUT2D eigenvalue weighted by Gasteiger charge is -2.15. The van der Waals surface area contributed by atoms with Gasteiger partial charge in [0.05, 0.1) is 104 Å². The van der Waals surface area contributed by atoms with Crippen molar-refractivity contribution in [2.75, 3.05) is 45.6 Å². The van der Waals surface area contributed by atoms with Crippen LogP contribution in [0.3, 0.4) is 0 Å². The number of hydrogen-bond acceptors (Lipinski definition) is 22. The Bertz CT molecular complexity index is 4860. The van der Waals surface area contributed by atoms with Gasteiger partial charge in [-0.15, -0.1) is 11.3 Å². The zero-order chi connectivity index (χ0) is 72.2. The highest BCUT2D eigenvalue weighted by molar-refractivity contribution is 7.13. The van der Waals surface area contributed by atoms with Crippen LogP contribution >= 0.6 is 69.1 Å². The fraction of sp³-hybridized carbons (Fsp3) is 0.333. The summed E-state index contributed by atoms with van der Waals surface area (Å²) in [6.07, 6.45) is 5.81. The summed E-state index contributed by atoms with van der Waals surface area (Å²) in [5.41, 5.74) is 14.0. The molecular weight excluding hydrogens is 1410 g/mol. The minimum absolute atomic E-state index is 0.0117. The normalized spacial score (nSPS) is 11.9. The monoisotopic (exact) mass is 1480 g/mol. The van der Waals surface area contributed by atoms with Gasteiger partial charge in [-0.05, 0) is 149 Å². The van der Waals surface area contributed by atoms with Crippen molar-refractivity contribution in [1.82, 2.24) is 39.9 Å². The second-order valence-corrected chi connectivity index (χ2v) is 27.5. The van der Waals surface area contributed by atoms with Gasteiger partial charge in [-0.1, -0.05) is 77.7 Å². The van der Waals surface area contributed by atoms with Crippen LogP contribution in [0.4, 0.5) is 11.8 Å². The molecule has 101 heavy (non-hydrogen) atoms. The average Bonchev–Trinajstić information content (AvgIpc) is 1.22. The Morgan fingerprint density at radius 3 is 1.29 bits per heavy atom. The molecule has 8 heterocycles. The molecule has 0 saturated heterocycles. The summed E-state index contributed by atoms with van der Waals surface area (Å²) < 4.78 is 56.7. The molecule has 20 nitrogen and oxygen atoms in total. The van der Waals surface area contributed by atoms with Crippen molar-refractivity contribution in [2.45, 2.75) is 132 Å². The van der Waals surface area contributed by atoms with Crippen LogP contribution in [-0.4, -0.2) is 105 Å². The van der Waals surface area contributed by atoms with E-state index in [0.717, 1.165) is 69.4 Å². The van der Waals surface area contributed by atoms with Gasteiger partial charge >= 0.3 is 0 Å². The SMILES string of the molecule is CCCOc1ccc2c(OC(C)C)cc(-c3coc(NC4CC4)n3)nc2c1Cl.CCCOc1ccc2c(OC(C)C)cc(-c3nc(C)cs3)nc2c1Cl.COc1ccc2c(OC(C)C)cc(-c3cccc(N)n3)nc2c1Cl.COc1nc(-c2cc(OC(C)C)c3ccc(OC)c(Cl)c3n2)cs1. The minimum atomic E-state index is 0.0117.